The summed E-state index contributed by atoms with van der Waals surface area (Å²) in [6.07, 6.45) is 3.81. The minimum atomic E-state index is -0.819. The number of carboxylic acid groups (broad SMARTS) is 1. The van der Waals surface area contributed by atoms with Crippen molar-refractivity contribution < 1.29 is 9.90 Å². The molecule has 0 heterocycles. The van der Waals surface area contributed by atoms with Crippen molar-refractivity contribution in [3.8, 4) is 0 Å². The number of carboxylic acids is 1. The molecule has 11 heavy (non-hydrogen) atoms. The van der Waals surface area contributed by atoms with Crippen molar-refractivity contribution in [1.82, 2.24) is 5.32 Å². The van der Waals surface area contributed by atoms with E-state index in [1.165, 1.54) is 0 Å². The molecule has 2 N–H and O–H groups in total. The summed E-state index contributed by atoms with van der Waals surface area (Å²) in [7, 11) is 0. The Kier molecular flexibility index (Phi) is 5.25. The van der Waals surface area contributed by atoms with Crippen molar-refractivity contribution in [2.75, 3.05) is 6.54 Å². The van der Waals surface area contributed by atoms with Crippen LogP contribution < -0.4 is 5.32 Å². The topological polar surface area (TPSA) is 49.3 Å². The molecular formula is C8H15NO2. The Hall–Kier alpha value is -0.990. The Morgan fingerprint density at radius 1 is 1.55 bits per heavy atom. The van der Waals surface area contributed by atoms with Gasteiger partial charge in [-0.1, -0.05) is 19.9 Å². The second-order valence-corrected chi connectivity index (χ2v) is 2.24. The molecule has 3 heteroatoms. The van der Waals surface area contributed by atoms with E-state index in [9.17, 15) is 4.79 Å². The number of hydrogen-bond acceptors (Lipinski definition) is 2. The van der Waals surface area contributed by atoms with Gasteiger partial charge in [-0.25, -0.2) is 0 Å². The lowest BCUT2D eigenvalue weighted by molar-refractivity contribution is -0.135. The molecule has 0 aliphatic carbocycles. The molecule has 0 spiro atoms. The highest BCUT2D eigenvalue weighted by molar-refractivity contribution is 5.69. The normalized spacial score (nSPS) is 11.3. The Bertz CT molecular complexity index is 152. The minimum absolute atomic E-state index is 0.0136. The maximum atomic E-state index is 10.1. The van der Waals surface area contributed by atoms with Gasteiger partial charge in [0.25, 0.3) is 0 Å². The monoisotopic (exact) mass is 157 g/mol. The van der Waals surface area contributed by atoms with E-state index in [0.29, 0.717) is 0 Å². The largest absolute Gasteiger partial charge is 0.480 e. The second-order valence-electron chi connectivity index (χ2n) is 2.24. The number of nitrogens with one attached hydrogen (secondary N) is 1. The Morgan fingerprint density at radius 2 is 2.18 bits per heavy atom. The zero-order chi connectivity index (χ0) is 8.69. The molecule has 64 valence electrons. The van der Waals surface area contributed by atoms with Gasteiger partial charge in [0.1, 0.15) is 6.54 Å². The highest BCUT2D eigenvalue weighted by Crippen LogP contribution is 1.96. The summed E-state index contributed by atoms with van der Waals surface area (Å²) >= 11 is 0. The minimum Gasteiger partial charge on any atom is -0.480 e. The van der Waals surface area contributed by atoms with E-state index in [4.69, 9.17) is 5.11 Å². The first-order valence-corrected chi connectivity index (χ1v) is 3.85. The third-order valence-electron chi connectivity index (χ3n) is 1.30. The number of aliphatic carboxylic acids is 1. The first kappa shape index (κ1) is 10.0. The molecule has 0 aromatic heterocycles. The quantitative estimate of drug-likeness (QED) is 0.633. The van der Waals surface area contributed by atoms with Gasteiger partial charge in [0.05, 0.1) is 0 Å². The molecule has 0 saturated carbocycles. The van der Waals surface area contributed by atoms with E-state index in [0.717, 1.165) is 18.5 Å². The molecule has 0 aromatic rings. The summed E-state index contributed by atoms with van der Waals surface area (Å²) in [6, 6.07) is 0. The maximum Gasteiger partial charge on any atom is 0.322 e. The van der Waals surface area contributed by atoms with Crippen molar-refractivity contribution in [2.45, 2.75) is 26.7 Å². The van der Waals surface area contributed by atoms with Crippen molar-refractivity contribution in [3.63, 3.8) is 0 Å². The van der Waals surface area contributed by atoms with Crippen molar-refractivity contribution in [2.24, 2.45) is 0 Å². The number of hydrogen-bond donors (Lipinski definition) is 2. The van der Waals surface area contributed by atoms with E-state index in [2.05, 4.69) is 5.32 Å². The summed E-state index contributed by atoms with van der Waals surface area (Å²) in [4.78, 5) is 10.1. The van der Waals surface area contributed by atoms with Gasteiger partial charge in [-0.15, -0.1) is 0 Å². The van der Waals surface area contributed by atoms with Crippen molar-refractivity contribution >= 4 is 5.97 Å². The smallest absolute Gasteiger partial charge is 0.322 e. The molecule has 0 fully saturated rings. The molecular weight excluding hydrogens is 142 g/mol. The van der Waals surface area contributed by atoms with Crippen LogP contribution in [0.3, 0.4) is 0 Å². The van der Waals surface area contributed by atoms with Gasteiger partial charge in [-0.2, -0.15) is 0 Å². The lowest BCUT2D eigenvalue weighted by Crippen LogP contribution is -2.21. The fraction of sp³-hybridized carbons (Fsp3) is 0.625. The van der Waals surface area contributed by atoms with E-state index in [1.54, 1.807) is 0 Å². The Labute approximate surface area is 67.1 Å². The standard InChI is InChI=1S/C8H15NO2/c1-3-5-7(4-2)9-6-8(10)11/h5,9H,3-4,6H2,1-2H3,(H,10,11). The van der Waals surface area contributed by atoms with Crippen LogP contribution >= 0.6 is 0 Å². The molecule has 0 aliphatic rings. The Balaban J connectivity index is 3.69. The van der Waals surface area contributed by atoms with Crippen molar-refractivity contribution in [3.05, 3.63) is 11.8 Å². The number of allylic oxidation sites excluding steroid dienone is 2. The molecule has 0 radical (unpaired) electrons. The average Bonchev–Trinajstić information content (AvgIpc) is 1.97. The summed E-state index contributed by atoms with van der Waals surface area (Å²) in [5.41, 5.74) is 1.01. The summed E-state index contributed by atoms with van der Waals surface area (Å²) < 4.78 is 0. The van der Waals surface area contributed by atoms with E-state index in [-0.39, 0.29) is 6.54 Å². The first-order chi connectivity index (χ1) is 5.20. The molecule has 0 aromatic carbocycles. The molecule has 0 saturated heterocycles. The third-order valence-corrected chi connectivity index (χ3v) is 1.30. The van der Waals surface area contributed by atoms with Gasteiger partial charge in [-0.3, -0.25) is 4.79 Å². The van der Waals surface area contributed by atoms with E-state index in [1.807, 2.05) is 19.9 Å². The van der Waals surface area contributed by atoms with Crippen LogP contribution in [-0.4, -0.2) is 17.6 Å². The maximum absolute atomic E-state index is 10.1. The average molecular weight is 157 g/mol. The van der Waals surface area contributed by atoms with Crippen LogP contribution in [0.2, 0.25) is 0 Å². The fourth-order valence-corrected chi connectivity index (χ4v) is 0.777. The molecule has 0 amide bonds. The highest BCUT2D eigenvalue weighted by Gasteiger charge is 1.96. The highest BCUT2D eigenvalue weighted by atomic mass is 16.4. The van der Waals surface area contributed by atoms with Crippen LogP contribution in [0.15, 0.2) is 11.8 Å². The Morgan fingerprint density at radius 3 is 2.55 bits per heavy atom. The molecule has 0 atom stereocenters. The first-order valence-electron chi connectivity index (χ1n) is 3.85. The van der Waals surface area contributed by atoms with Gasteiger partial charge in [0.2, 0.25) is 0 Å². The third kappa shape index (κ3) is 5.45. The van der Waals surface area contributed by atoms with Gasteiger partial charge in [0.15, 0.2) is 0 Å². The van der Waals surface area contributed by atoms with E-state index < -0.39 is 5.97 Å². The SMILES string of the molecule is CCC=C(CC)NCC(=O)O. The van der Waals surface area contributed by atoms with Crippen LogP contribution in [0.5, 0.6) is 0 Å². The molecule has 0 rings (SSSR count). The fourth-order valence-electron chi connectivity index (χ4n) is 0.777. The molecule has 0 bridgehead atoms. The summed E-state index contributed by atoms with van der Waals surface area (Å²) in [5, 5.41) is 11.2. The summed E-state index contributed by atoms with van der Waals surface area (Å²) in [5.74, 6) is -0.819. The second kappa shape index (κ2) is 5.77. The summed E-state index contributed by atoms with van der Waals surface area (Å²) in [6.45, 7) is 4.04. The predicted octanol–water partition coefficient (Wildman–Crippen LogP) is 1.36. The van der Waals surface area contributed by atoms with Gasteiger partial charge in [-0.05, 0) is 12.8 Å². The molecule has 3 nitrogen and oxygen atoms in total. The zero-order valence-corrected chi connectivity index (χ0v) is 7.05. The lowest BCUT2D eigenvalue weighted by Gasteiger charge is -2.04. The van der Waals surface area contributed by atoms with Crippen LogP contribution in [0.25, 0.3) is 0 Å². The van der Waals surface area contributed by atoms with Gasteiger partial charge in [0, 0.05) is 5.70 Å². The lowest BCUT2D eigenvalue weighted by atomic mass is 10.3. The van der Waals surface area contributed by atoms with Crippen LogP contribution in [0.4, 0.5) is 0 Å². The van der Waals surface area contributed by atoms with Crippen LogP contribution in [0.1, 0.15) is 26.7 Å². The van der Waals surface area contributed by atoms with Gasteiger partial charge < -0.3 is 10.4 Å². The molecule has 0 aliphatic heterocycles. The van der Waals surface area contributed by atoms with Crippen LogP contribution in [-0.2, 0) is 4.79 Å². The molecule has 0 unspecified atom stereocenters. The van der Waals surface area contributed by atoms with Gasteiger partial charge >= 0.3 is 5.97 Å². The van der Waals surface area contributed by atoms with Crippen LogP contribution in [0, 0.1) is 0 Å². The zero-order valence-electron chi connectivity index (χ0n) is 7.05. The number of rotatable bonds is 5. The van der Waals surface area contributed by atoms with E-state index >= 15 is 0 Å². The number of carbonyl (C=O) groups is 1. The van der Waals surface area contributed by atoms with Crippen molar-refractivity contribution in [1.29, 1.82) is 0 Å². The predicted molar refractivity (Wildman–Crippen MR) is 44.3 cm³/mol.